The molecule has 5 heteroatoms. The van der Waals surface area contributed by atoms with E-state index >= 15 is 0 Å². The van der Waals surface area contributed by atoms with Crippen LogP contribution in [0.4, 0.5) is 10.1 Å². The van der Waals surface area contributed by atoms with Crippen molar-refractivity contribution in [2.24, 2.45) is 0 Å². The van der Waals surface area contributed by atoms with Gasteiger partial charge in [-0.05, 0) is 43.7 Å². The molecule has 20 heavy (non-hydrogen) atoms. The highest BCUT2D eigenvalue weighted by Crippen LogP contribution is 2.24. The van der Waals surface area contributed by atoms with Crippen LogP contribution in [0.5, 0.6) is 0 Å². The number of ether oxygens (including phenoxy) is 1. The van der Waals surface area contributed by atoms with Gasteiger partial charge in [0, 0.05) is 24.4 Å². The summed E-state index contributed by atoms with van der Waals surface area (Å²) < 4.78 is 19.2. The molecule has 2 atom stereocenters. The molecule has 0 bridgehead atoms. The number of nitrogens with zero attached hydrogens (tertiary/aromatic N) is 1. The second-order valence-electron chi connectivity index (χ2n) is 5.06. The van der Waals surface area contributed by atoms with Crippen LogP contribution in [0, 0.1) is 5.82 Å². The van der Waals surface area contributed by atoms with Gasteiger partial charge in [0.1, 0.15) is 5.82 Å². The van der Waals surface area contributed by atoms with Crippen molar-refractivity contribution < 1.29 is 19.0 Å². The molecule has 1 saturated heterocycles. The van der Waals surface area contributed by atoms with Crippen LogP contribution < -0.4 is 4.90 Å². The third-order valence-electron chi connectivity index (χ3n) is 3.26. The Bertz CT molecular complexity index is 530. The van der Waals surface area contributed by atoms with E-state index < -0.39 is 5.97 Å². The minimum absolute atomic E-state index is 0.0903. The first-order valence-electron chi connectivity index (χ1n) is 6.55. The van der Waals surface area contributed by atoms with Crippen molar-refractivity contribution in [2.75, 3.05) is 18.1 Å². The number of halogens is 1. The Labute approximate surface area is 117 Å². The zero-order valence-electron chi connectivity index (χ0n) is 11.5. The number of hydrogen-bond acceptors (Lipinski definition) is 3. The lowest BCUT2D eigenvalue weighted by Gasteiger charge is -2.38. The number of aliphatic carboxylic acids is 1. The van der Waals surface area contributed by atoms with Crippen LogP contribution in [-0.4, -0.2) is 36.4 Å². The molecule has 0 radical (unpaired) electrons. The highest BCUT2D eigenvalue weighted by atomic mass is 19.1. The number of morpholine rings is 1. The van der Waals surface area contributed by atoms with E-state index in [1.54, 1.807) is 6.07 Å². The van der Waals surface area contributed by atoms with Crippen LogP contribution in [0.3, 0.4) is 0 Å². The summed E-state index contributed by atoms with van der Waals surface area (Å²) in [5, 5.41) is 8.63. The number of carboxylic acid groups (broad SMARTS) is 1. The molecule has 1 fully saturated rings. The van der Waals surface area contributed by atoms with E-state index in [4.69, 9.17) is 9.84 Å². The van der Waals surface area contributed by atoms with Gasteiger partial charge in [0.25, 0.3) is 0 Å². The Morgan fingerprint density at radius 2 is 2.20 bits per heavy atom. The van der Waals surface area contributed by atoms with Crippen molar-refractivity contribution in [1.82, 2.24) is 0 Å². The van der Waals surface area contributed by atoms with Crippen LogP contribution in [0.25, 0.3) is 6.08 Å². The van der Waals surface area contributed by atoms with Gasteiger partial charge in [-0.15, -0.1) is 0 Å². The Balaban J connectivity index is 2.29. The molecule has 1 aliphatic rings. The van der Waals surface area contributed by atoms with Gasteiger partial charge in [0.2, 0.25) is 0 Å². The smallest absolute Gasteiger partial charge is 0.328 e. The van der Waals surface area contributed by atoms with Crippen LogP contribution in [0.1, 0.15) is 19.4 Å². The minimum Gasteiger partial charge on any atom is -0.478 e. The number of carboxylic acids is 1. The first-order chi connectivity index (χ1) is 9.45. The number of hydrogen-bond donors (Lipinski definition) is 1. The van der Waals surface area contributed by atoms with Crippen LogP contribution >= 0.6 is 0 Å². The SMILES string of the molecule is CC1CN(c2cc(F)cc(/C=C/C(=O)O)c2)C(C)CO1. The van der Waals surface area contributed by atoms with E-state index in [1.165, 1.54) is 18.2 Å². The summed E-state index contributed by atoms with van der Waals surface area (Å²) >= 11 is 0. The highest BCUT2D eigenvalue weighted by Gasteiger charge is 2.24. The largest absolute Gasteiger partial charge is 0.478 e. The molecule has 2 unspecified atom stereocenters. The molecule has 0 aromatic heterocycles. The molecule has 1 heterocycles. The quantitative estimate of drug-likeness (QED) is 0.864. The molecule has 1 N–H and O–H groups in total. The molecular formula is C15H18FNO3. The normalized spacial score (nSPS) is 23.2. The number of carbonyl (C=O) groups is 1. The van der Waals surface area contributed by atoms with E-state index in [1.807, 2.05) is 13.8 Å². The summed E-state index contributed by atoms with van der Waals surface area (Å²) in [5.74, 6) is -1.43. The standard InChI is InChI=1S/C15H18FNO3/c1-10-9-20-11(2)8-17(10)14-6-12(3-4-15(18)19)5-13(16)7-14/h3-7,10-11H,8-9H2,1-2H3,(H,18,19)/b4-3+. The highest BCUT2D eigenvalue weighted by molar-refractivity contribution is 5.85. The van der Waals surface area contributed by atoms with Crippen molar-refractivity contribution in [1.29, 1.82) is 0 Å². The fraction of sp³-hybridized carbons (Fsp3) is 0.400. The van der Waals surface area contributed by atoms with E-state index in [0.29, 0.717) is 18.7 Å². The lowest BCUT2D eigenvalue weighted by molar-refractivity contribution is -0.131. The maximum atomic E-state index is 13.7. The molecule has 1 aromatic carbocycles. The van der Waals surface area contributed by atoms with Crippen LogP contribution in [0.15, 0.2) is 24.3 Å². The molecule has 2 rings (SSSR count). The number of benzene rings is 1. The van der Waals surface area contributed by atoms with Gasteiger partial charge >= 0.3 is 5.97 Å². The van der Waals surface area contributed by atoms with E-state index in [-0.39, 0.29) is 18.0 Å². The third kappa shape index (κ3) is 3.57. The molecular weight excluding hydrogens is 261 g/mol. The molecule has 108 valence electrons. The second kappa shape index (κ2) is 6.05. The van der Waals surface area contributed by atoms with Gasteiger partial charge in [-0.25, -0.2) is 9.18 Å². The third-order valence-corrected chi connectivity index (χ3v) is 3.26. The summed E-state index contributed by atoms with van der Waals surface area (Å²) in [6.45, 7) is 5.28. The Hall–Kier alpha value is -1.88. The topological polar surface area (TPSA) is 49.8 Å². The van der Waals surface area contributed by atoms with Crippen LogP contribution in [-0.2, 0) is 9.53 Å². The minimum atomic E-state index is -1.05. The molecule has 1 aliphatic heterocycles. The number of rotatable bonds is 3. The maximum absolute atomic E-state index is 13.7. The van der Waals surface area contributed by atoms with E-state index in [0.717, 1.165) is 11.8 Å². The van der Waals surface area contributed by atoms with Gasteiger partial charge in [0.05, 0.1) is 12.7 Å². The molecule has 0 amide bonds. The Morgan fingerprint density at radius 1 is 1.45 bits per heavy atom. The summed E-state index contributed by atoms with van der Waals surface area (Å²) in [7, 11) is 0. The van der Waals surface area contributed by atoms with Crippen molar-refractivity contribution >= 4 is 17.7 Å². The molecule has 1 aromatic rings. The van der Waals surface area contributed by atoms with Gasteiger partial charge in [-0.3, -0.25) is 0 Å². The monoisotopic (exact) mass is 279 g/mol. The summed E-state index contributed by atoms with van der Waals surface area (Å²) in [5.41, 5.74) is 1.28. The lowest BCUT2D eigenvalue weighted by atomic mass is 10.1. The summed E-state index contributed by atoms with van der Waals surface area (Å²) in [4.78, 5) is 12.6. The molecule has 0 spiro atoms. The summed E-state index contributed by atoms with van der Waals surface area (Å²) in [6, 6.07) is 4.73. The van der Waals surface area contributed by atoms with Crippen molar-refractivity contribution in [2.45, 2.75) is 26.0 Å². The van der Waals surface area contributed by atoms with E-state index in [2.05, 4.69) is 4.90 Å². The fourth-order valence-electron chi connectivity index (χ4n) is 2.29. The Kier molecular flexibility index (Phi) is 4.39. The predicted octanol–water partition coefficient (Wildman–Crippen LogP) is 2.54. The van der Waals surface area contributed by atoms with Crippen molar-refractivity contribution in [3.8, 4) is 0 Å². The van der Waals surface area contributed by atoms with Crippen molar-refractivity contribution in [3.63, 3.8) is 0 Å². The zero-order valence-corrected chi connectivity index (χ0v) is 11.5. The average Bonchev–Trinajstić information content (AvgIpc) is 2.38. The van der Waals surface area contributed by atoms with Gasteiger partial charge in [-0.1, -0.05) is 0 Å². The fourth-order valence-corrected chi connectivity index (χ4v) is 2.29. The van der Waals surface area contributed by atoms with Gasteiger partial charge in [-0.2, -0.15) is 0 Å². The second-order valence-corrected chi connectivity index (χ2v) is 5.06. The molecule has 0 saturated carbocycles. The van der Waals surface area contributed by atoms with E-state index in [9.17, 15) is 9.18 Å². The maximum Gasteiger partial charge on any atom is 0.328 e. The zero-order chi connectivity index (χ0) is 14.7. The first kappa shape index (κ1) is 14.5. The molecule has 0 aliphatic carbocycles. The average molecular weight is 279 g/mol. The first-order valence-corrected chi connectivity index (χ1v) is 6.55. The lowest BCUT2D eigenvalue weighted by Crippen LogP contribution is -2.47. The van der Waals surface area contributed by atoms with Gasteiger partial charge in [0.15, 0.2) is 0 Å². The number of anilines is 1. The molecule has 4 nitrogen and oxygen atoms in total. The summed E-state index contributed by atoms with van der Waals surface area (Å²) in [6.07, 6.45) is 2.49. The van der Waals surface area contributed by atoms with Crippen LogP contribution in [0.2, 0.25) is 0 Å². The Morgan fingerprint density at radius 3 is 2.90 bits per heavy atom. The van der Waals surface area contributed by atoms with Crippen molar-refractivity contribution in [3.05, 3.63) is 35.7 Å². The van der Waals surface area contributed by atoms with Gasteiger partial charge < -0.3 is 14.7 Å². The predicted molar refractivity (Wildman–Crippen MR) is 75.3 cm³/mol.